The lowest BCUT2D eigenvalue weighted by atomic mass is 9.86. The first-order valence-electron chi connectivity index (χ1n) is 9.42. The number of aryl methyl sites for hydroxylation is 2. The Morgan fingerprint density at radius 1 is 1.21 bits per heavy atom. The van der Waals surface area contributed by atoms with Crippen molar-refractivity contribution >= 4 is 16.9 Å². The van der Waals surface area contributed by atoms with E-state index < -0.39 is 11.6 Å². The number of aliphatic hydroxyl groups is 1. The molecule has 0 aliphatic carbocycles. The van der Waals surface area contributed by atoms with Gasteiger partial charge in [-0.2, -0.15) is 0 Å². The van der Waals surface area contributed by atoms with Crippen LogP contribution in [-0.4, -0.2) is 20.6 Å². The molecule has 6 nitrogen and oxygen atoms in total. The number of fused-ring (bicyclic) bond motifs is 5. The number of carbonyl (C=O) groups excluding carboxylic acids is 1. The highest BCUT2D eigenvalue weighted by Gasteiger charge is 2.45. The summed E-state index contributed by atoms with van der Waals surface area (Å²) < 4.78 is 6.78. The molecule has 0 fully saturated rings. The Morgan fingerprint density at radius 2 is 2.00 bits per heavy atom. The summed E-state index contributed by atoms with van der Waals surface area (Å²) in [6, 6.07) is 7.86. The van der Waals surface area contributed by atoms with Crippen LogP contribution in [0.25, 0.3) is 22.3 Å². The van der Waals surface area contributed by atoms with Crippen molar-refractivity contribution in [1.29, 1.82) is 0 Å². The van der Waals surface area contributed by atoms with E-state index in [1.165, 1.54) is 0 Å². The molecule has 0 amide bonds. The van der Waals surface area contributed by atoms with E-state index in [1.54, 1.807) is 17.6 Å². The van der Waals surface area contributed by atoms with Crippen molar-refractivity contribution < 1.29 is 14.6 Å². The van der Waals surface area contributed by atoms with Gasteiger partial charge in [0.2, 0.25) is 0 Å². The molecule has 1 atom stereocenters. The molecule has 0 saturated carbocycles. The summed E-state index contributed by atoms with van der Waals surface area (Å²) in [5.74, 6) is -0.705. The van der Waals surface area contributed by atoms with Gasteiger partial charge >= 0.3 is 5.97 Å². The highest BCUT2D eigenvalue weighted by atomic mass is 16.6. The fourth-order valence-electron chi connectivity index (χ4n) is 4.39. The molecule has 1 N–H and O–H groups in total. The number of cyclic esters (lactones) is 1. The number of rotatable bonds is 1. The van der Waals surface area contributed by atoms with E-state index in [2.05, 4.69) is 6.07 Å². The average Bonchev–Trinajstić information content (AvgIpc) is 3.05. The van der Waals surface area contributed by atoms with Crippen LogP contribution >= 0.6 is 0 Å². The molecule has 0 radical (unpaired) electrons. The number of ether oxygens (including phenoxy) is 1. The first-order valence-corrected chi connectivity index (χ1v) is 9.42. The SMILES string of the molecule is CCC1(O)C(=O)OCc2c1cc1n(c2=O)Cc2c-1nc1ccc(C)cc1c2C. The maximum Gasteiger partial charge on any atom is 0.343 e. The maximum absolute atomic E-state index is 13.2. The van der Waals surface area contributed by atoms with E-state index >= 15 is 0 Å². The summed E-state index contributed by atoms with van der Waals surface area (Å²) in [5, 5.41) is 12.0. The smallest absolute Gasteiger partial charge is 0.343 e. The molecule has 142 valence electrons. The molecular weight excluding hydrogens is 356 g/mol. The van der Waals surface area contributed by atoms with Gasteiger partial charge in [-0.3, -0.25) is 4.79 Å². The van der Waals surface area contributed by atoms with Crippen molar-refractivity contribution in [3.63, 3.8) is 0 Å². The van der Waals surface area contributed by atoms with Crippen LogP contribution in [0.4, 0.5) is 0 Å². The van der Waals surface area contributed by atoms with Crippen molar-refractivity contribution in [3.8, 4) is 11.4 Å². The quantitative estimate of drug-likeness (QED) is 0.517. The Bertz CT molecular complexity index is 1260. The zero-order valence-electron chi connectivity index (χ0n) is 16.0. The van der Waals surface area contributed by atoms with Crippen LogP contribution in [0, 0.1) is 13.8 Å². The number of esters is 1. The van der Waals surface area contributed by atoms with Crippen LogP contribution in [0.1, 0.15) is 41.2 Å². The molecular formula is C22H20N2O4. The van der Waals surface area contributed by atoms with E-state index in [9.17, 15) is 14.7 Å². The van der Waals surface area contributed by atoms with Gasteiger partial charge in [-0.25, -0.2) is 9.78 Å². The van der Waals surface area contributed by atoms with Crippen molar-refractivity contribution in [3.05, 3.63) is 62.4 Å². The monoisotopic (exact) mass is 376 g/mol. The summed E-state index contributed by atoms with van der Waals surface area (Å²) in [6.45, 7) is 6.11. The third-order valence-corrected chi connectivity index (χ3v) is 6.13. The molecule has 4 heterocycles. The molecule has 0 spiro atoms. The molecule has 28 heavy (non-hydrogen) atoms. The summed E-state index contributed by atoms with van der Waals surface area (Å²) in [5.41, 5.74) is 4.18. The number of pyridine rings is 2. The summed E-state index contributed by atoms with van der Waals surface area (Å²) in [4.78, 5) is 30.2. The Hall–Kier alpha value is -2.99. The molecule has 0 saturated heterocycles. The van der Waals surface area contributed by atoms with E-state index in [1.807, 2.05) is 26.0 Å². The summed E-state index contributed by atoms with van der Waals surface area (Å²) in [6.07, 6.45) is 0.137. The second kappa shape index (κ2) is 5.52. The molecule has 2 aliphatic rings. The van der Waals surface area contributed by atoms with Gasteiger partial charge in [0, 0.05) is 16.5 Å². The van der Waals surface area contributed by atoms with Crippen molar-refractivity contribution in [1.82, 2.24) is 9.55 Å². The number of hydrogen-bond donors (Lipinski definition) is 1. The van der Waals surface area contributed by atoms with Gasteiger partial charge in [0.15, 0.2) is 5.60 Å². The minimum Gasteiger partial charge on any atom is -0.458 e. The number of carbonyl (C=O) groups is 1. The zero-order valence-corrected chi connectivity index (χ0v) is 16.0. The molecule has 2 aromatic heterocycles. The summed E-state index contributed by atoms with van der Waals surface area (Å²) >= 11 is 0. The number of benzene rings is 1. The molecule has 5 rings (SSSR count). The largest absolute Gasteiger partial charge is 0.458 e. The van der Waals surface area contributed by atoms with Crippen LogP contribution in [0.15, 0.2) is 29.1 Å². The predicted molar refractivity (Wildman–Crippen MR) is 104 cm³/mol. The van der Waals surface area contributed by atoms with Gasteiger partial charge in [0.25, 0.3) is 5.56 Å². The highest BCUT2D eigenvalue weighted by molar-refractivity contribution is 5.89. The minimum atomic E-state index is -1.80. The normalized spacial score (nSPS) is 19.9. The second-order valence-corrected chi connectivity index (χ2v) is 7.69. The van der Waals surface area contributed by atoms with Crippen LogP contribution in [-0.2, 0) is 28.3 Å². The number of aromatic nitrogens is 2. The van der Waals surface area contributed by atoms with Gasteiger partial charge in [-0.15, -0.1) is 0 Å². The summed E-state index contributed by atoms with van der Waals surface area (Å²) in [7, 11) is 0. The van der Waals surface area contributed by atoms with E-state index in [0.717, 1.165) is 33.3 Å². The van der Waals surface area contributed by atoms with Gasteiger partial charge in [0.1, 0.15) is 6.61 Å². The van der Waals surface area contributed by atoms with E-state index in [4.69, 9.17) is 9.72 Å². The van der Waals surface area contributed by atoms with Crippen LogP contribution < -0.4 is 5.56 Å². The van der Waals surface area contributed by atoms with Gasteiger partial charge in [-0.05, 0) is 44.0 Å². The fourth-order valence-corrected chi connectivity index (χ4v) is 4.39. The maximum atomic E-state index is 13.2. The first kappa shape index (κ1) is 17.1. The number of hydrogen-bond acceptors (Lipinski definition) is 5. The molecule has 3 aromatic rings. The minimum absolute atomic E-state index is 0.112. The lowest BCUT2D eigenvalue weighted by molar-refractivity contribution is -0.172. The van der Waals surface area contributed by atoms with Gasteiger partial charge in [-0.1, -0.05) is 18.6 Å². The van der Waals surface area contributed by atoms with Crippen LogP contribution in [0.3, 0.4) is 0 Å². The fraction of sp³-hybridized carbons (Fsp3) is 0.318. The van der Waals surface area contributed by atoms with Gasteiger partial charge in [0.05, 0.1) is 29.0 Å². The highest BCUT2D eigenvalue weighted by Crippen LogP contribution is 2.39. The van der Waals surface area contributed by atoms with E-state index in [-0.39, 0.29) is 18.6 Å². The zero-order chi connectivity index (χ0) is 19.8. The molecule has 1 unspecified atom stereocenters. The Kier molecular flexibility index (Phi) is 3.37. The Labute approximate surface area is 161 Å². The van der Waals surface area contributed by atoms with Crippen LogP contribution in [0.2, 0.25) is 0 Å². The standard InChI is InChI=1S/C22H20N2O4/c1-4-22(27)16-8-18-19-14(9-24(18)20(25)15(16)10-28-21(22)26)12(3)13-7-11(2)5-6-17(13)23-19/h5-8,27H,4,9-10H2,1-3H3. The molecule has 2 aliphatic heterocycles. The Balaban J connectivity index is 1.83. The van der Waals surface area contributed by atoms with Crippen molar-refractivity contribution in [2.24, 2.45) is 0 Å². The predicted octanol–water partition coefficient (Wildman–Crippen LogP) is 2.70. The van der Waals surface area contributed by atoms with Crippen molar-refractivity contribution in [2.75, 3.05) is 0 Å². The third-order valence-electron chi connectivity index (χ3n) is 6.13. The Morgan fingerprint density at radius 3 is 2.75 bits per heavy atom. The molecule has 1 aromatic carbocycles. The lowest BCUT2D eigenvalue weighted by Gasteiger charge is -2.31. The average molecular weight is 376 g/mol. The number of nitrogens with zero attached hydrogens (tertiary/aromatic N) is 2. The van der Waals surface area contributed by atoms with Crippen LogP contribution in [0.5, 0.6) is 0 Å². The van der Waals surface area contributed by atoms with E-state index in [0.29, 0.717) is 23.4 Å². The lowest BCUT2D eigenvalue weighted by Crippen LogP contribution is -2.44. The molecule has 6 heteroatoms. The second-order valence-electron chi connectivity index (χ2n) is 7.69. The third kappa shape index (κ3) is 2.04. The van der Waals surface area contributed by atoms with Crippen molar-refractivity contribution in [2.45, 2.75) is 45.9 Å². The topological polar surface area (TPSA) is 81.4 Å². The molecule has 0 bridgehead atoms. The first-order chi connectivity index (χ1) is 13.3. The van der Waals surface area contributed by atoms with Gasteiger partial charge < -0.3 is 14.4 Å².